The molecule has 0 saturated heterocycles. The molecule has 2 rings (SSSR count). The lowest BCUT2D eigenvalue weighted by Crippen LogP contribution is -2.39. The molecule has 2 nitrogen and oxygen atoms in total. The quantitative estimate of drug-likeness (QED) is 0.854. The molecule has 1 aromatic heterocycles. The molecule has 1 heterocycles. The van der Waals surface area contributed by atoms with E-state index in [9.17, 15) is 0 Å². The number of aromatic nitrogens is 1. The van der Waals surface area contributed by atoms with Gasteiger partial charge in [0.1, 0.15) is 0 Å². The van der Waals surface area contributed by atoms with Crippen LogP contribution in [0.1, 0.15) is 43.4 Å². The van der Waals surface area contributed by atoms with Gasteiger partial charge in [0.25, 0.3) is 0 Å². The van der Waals surface area contributed by atoms with Gasteiger partial charge in [0.2, 0.25) is 0 Å². The van der Waals surface area contributed by atoms with Crippen molar-refractivity contribution in [2.24, 2.45) is 0 Å². The summed E-state index contributed by atoms with van der Waals surface area (Å²) in [7, 11) is 0. The SMILES string of the molecule is CCCNC(CSC)C1CCCc2cccnc21. The Balaban J connectivity index is 2.15. The van der Waals surface area contributed by atoms with Gasteiger partial charge in [-0.2, -0.15) is 11.8 Å². The molecule has 100 valence electrons. The van der Waals surface area contributed by atoms with Crippen LogP contribution >= 0.6 is 11.8 Å². The van der Waals surface area contributed by atoms with Gasteiger partial charge < -0.3 is 5.32 Å². The minimum Gasteiger partial charge on any atom is -0.312 e. The largest absolute Gasteiger partial charge is 0.312 e. The van der Waals surface area contributed by atoms with Gasteiger partial charge in [0.05, 0.1) is 0 Å². The summed E-state index contributed by atoms with van der Waals surface area (Å²) in [6.45, 7) is 3.35. The highest BCUT2D eigenvalue weighted by Gasteiger charge is 2.28. The molecule has 0 amide bonds. The maximum atomic E-state index is 4.66. The Morgan fingerprint density at radius 1 is 1.56 bits per heavy atom. The first kappa shape index (κ1) is 13.9. The molecule has 1 aromatic rings. The second-order valence-electron chi connectivity index (χ2n) is 5.06. The number of pyridine rings is 1. The lowest BCUT2D eigenvalue weighted by atomic mass is 9.82. The lowest BCUT2D eigenvalue weighted by molar-refractivity contribution is 0.411. The van der Waals surface area contributed by atoms with E-state index in [2.05, 4.69) is 35.6 Å². The monoisotopic (exact) mass is 264 g/mol. The molecule has 2 atom stereocenters. The number of thioether (sulfide) groups is 1. The van der Waals surface area contributed by atoms with E-state index in [1.54, 1.807) is 0 Å². The molecule has 2 unspecified atom stereocenters. The molecular weight excluding hydrogens is 240 g/mol. The summed E-state index contributed by atoms with van der Waals surface area (Å²) in [5.74, 6) is 1.79. The molecule has 18 heavy (non-hydrogen) atoms. The molecule has 1 N–H and O–H groups in total. The van der Waals surface area contributed by atoms with Crippen molar-refractivity contribution in [2.75, 3.05) is 18.6 Å². The maximum absolute atomic E-state index is 4.66. The van der Waals surface area contributed by atoms with Gasteiger partial charge in [-0.05, 0) is 50.1 Å². The van der Waals surface area contributed by atoms with Crippen molar-refractivity contribution >= 4 is 11.8 Å². The topological polar surface area (TPSA) is 24.9 Å². The van der Waals surface area contributed by atoms with E-state index >= 15 is 0 Å². The minimum absolute atomic E-state index is 0.578. The van der Waals surface area contributed by atoms with E-state index in [4.69, 9.17) is 0 Å². The van der Waals surface area contributed by atoms with Crippen LogP contribution in [0.25, 0.3) is 0 Å². The van der Waals surface area contributed by atoms with Crippen molar-refractivity contribution in [3.8, 4) is 0 Å². The highest BCUT2D eigenvalue weighted by atomic mass is 32.2. The minimum atomic E-state index is 0.578. The van der Waals surface area contributed by atoms with Crippen LogP contribution in [-0.4, -0.2) is 29.6 Å². The van der Waals surface area contributed by atoms with E-state index in [-0.39, 0.29) is 0 Å². The highest BCUT2D eigenvalue weighted by molar-refractivity contribution is 7.98. The number of rotatable bonds is 6. The van der Waals surface area contributed by atoms with Crippen molar-refractivity contribution in [2.45, 2.75) is 44.6 Å². The summed E-state index contributed by atoms with van der Waals surface area (Å²) in [4.78, 5) is 4.66. The Labute approximate surface area is 115 Å². The summed E-state index contributed by atoms with van der Waals surface area (Å²) < 4.78 is 0. The van der Waals surface area contributed by atoms with Crippen molar-refractivity contribution in [1.82, 2.24) is 10.3 Å². The summed E-state index contributed by atoms with van der Waals surface area (Å²) in [5, 5.41) is 3.72. The molecule has 0 radical (unpaired) electrons. The number of hydrogen-bond donors (Lipinski definition) is 1. The second kappa shape index (κ2) is 7.15. The zero-order valence-electron chi connectivity index (χ0n) is 11.5. The Morgan fingerprint density at radius 2 is 2.44 bits per heavy atom. The molecule has 0 aliphatic heterocycles. The fourth-order valence-electron chi connectivity index (χ4n) is 2.86. The number of nitrogens with zero attached hydrogens (tertiary/aromatic N) is 1. The highest BCUT2D eigenvalue weighted by Crippen LogP contribution is 2.33. The van der Waals surface area contributed by atoms with Gasteiger partial charge in [-0.3, -0.25) is 4.98 Å². The first-order valence-electron chi connectivity index (χ1n) is 7.03. The maximum Gasteiger partial charge on any atom is 0.0482 e. The van der Waals surface area contributed by atoms with E-state index in [0.29, 0.717) is 12.0 Å². The van der Waals surface area contributed by atoms with Crippen molar-refractivity contribution < 1.29 is 0 Å². The third-order valence-corrected chi connectivity index (χ3v) is 4.42. The average molecular weight is 264 g/mol. The normalized spacial score (nSPS) is 20.4. The predicted octanol–water partition coefficient (Wildman–Crippen LogP) is 3.23. The van der Waals surface area contributed by atoms with E-state index in [1.807, 2.05) is 18.0 Å². The van der Waals surface area contributed by atoms with Gasteiger partial charge in [-0.15, -0.1) is 0 Å². The molecule has 0 bridgehead atoms. The van der Waals surface area contributed by atoms with Crippen LogP contribution < -0.4 is 5.32 Å². The van der Waals surface area contributed by atoms with Gasteiger partial charge in [-0.25, -0.2) is 0 Å². The fraction of sp³-hybridized carbons (Fsp3) is 0.667. The van der Waals surface area contributed by atoms with Gasteiger partial charge in [0.15, 0.2) is 0 Å². The summed E-state index contributed by atoms with van der Waals surface area (Å²) >= 11 is 1.94. The van der Waals surface area contributed by atoms with Gasteiger partial charge in [-0.1, -0.05) is 13.0 Å². The Morgan fingerprint density at radius 3 is 3.22 bits per heavy atom. The zero-order valence-corrected chi connectivity index (χ0v) is 12.3. The smallest absolute Gasteiger partial charge is 0.0482 e. The number of aryl methyl sites for hydroxylation is 1. The van der Waals surface area contributed by atoms with Crippen LogP contribution in [0.2, 0.25) is 0 Å². The fourth-order valence-corrected chi connectivity index (χ4v) is 3.57. The molecule has 3 heteroatoms. The van der Waals surface area contributed by atoms with E-state index in [0.717, 1.165) is 6.54 Å². The lowest BCUT2D eigenvalue weighted by Gasteiger charge is -2.31. The predicted molar refractivity (Wildman–Crippen MR) is 80.4 cm³/mol. The van der Waals surface area contributed by atoms with Crippen LogP contribution in [0.5, 0.6) is 0 Å². The first-order valence-corrected chi connectivity index (χ1v) is 8.42. The number of fused-ring (bicyclic) bond motifs is 1. The van der Waals surface area contributed by atoms with E-state index < -0.39 is 0 Å². The molecule has 0 spiro atoms. The number of nitrogens with one attached hydrogen (secondary N) is 1. The standard InChI is InChI=1S/C15H24N2S/c1-3-9-16-14(11-18-2)13-8-4-6-12-7-5-10-17-15(12)13/h5,7,10,13-14,16H,3-4,6,8-9,11H2,1-2H3. The van der Waals surface area contributed by atoms with E-state index in [1.165, 1.54) is 42.7 Å². The molecular formula is C15H24N2S. The summed E-state index contributed by atoms with van der Waals surface area (Å²) in [5.41, 5.74) is 2.82. The molecule has 1 aliphatic carbocycles. The van der Waals surface area contributed by atoms with Crippen molar-refractivity contribution in [3.63, 3.8) is 0 Å². The average Bonchev–Trinajstić information content (AvgIpc) is 2.43. The Hall–Kier alpha value is -0.540. The molecule has 0 saturated carbocycles. The molecule has 1 aliphatic rings. The van der Waals surface area contributed by atoms with Crippen molar-refractivity contribution in [1.29, 1.82) is 0 Å². The third-order valence-electron chi connectivity index (χ3n) is 3.73. The van der Waals surface area contributed by atoms with Gasteiger partial charge >= 0.3 is 0 Å². The Kier molecular flexibility index (Phi) is 5.51. The second-order valence-corrected chi connectivity index (χ2v) is 5.97. The first-order chi connectivity index (χ1) is 8.86. The van der Waals surface area contributed by atoms with Crippen LogP contribution in [0, 0.1) is 0 Å². The third kappa shape index (κ3) is 3.27. The van der Waals surface area contributed by atoms with Gasteiger partial charge in [0, 0.05) is 29.6 Å². The Bertz CT molecular complexity index is 367. The zero-order chi connectivity index (χ0) is 12.8. The van der Waals surface area contributed by atoms with Crippen LogP contribution in [-0.2, 0) is 6.42 Å². The van der Waals surface area contributed by atoms with Crippen LogP contribution in [0.3, 0.4) is 0 Å². The summed E-state index contributed by atoms with van der Waals surface area (Å²) in [6, 6.07) is 4.91. The number of hydrogen-bond acceptors (Lipinski definition) is 3. The van der Waals surface area contributed by atoms with Crippen LogP contribution in [0.4, 0.5) is 0 Å². The molecule has 0 aromatic carbocycles. The summed E-state index contributed by atoms with van der Waals surface area (Å²) in [6.07, 6.45) is 9.15. The molecule has 0 fully saturated rings. The van der Waals surface area contributed by atoms with Crippen molar-refractivity contribution in [3.05, 3.63) is 29.6 Å². The van der Waals surface area contributed by atoms with Crippen LogP contribution in [0.15, 0.2) is 18.3 Å².